The minimum absolute atomic E-state index is 0.00677. The molecular formula is C23H32N4O5S. The van der Waals surface area contributed by atoms with E-state index in [1.165, 1.54) is 0 Å². The fraction of sp³-hybridized carbons (Fsp3) is 0.609. The first-order chi connectivity index (χ1) is 15.9. The lowest BCUT2D eigenvalue weighted by Crippen LogP contribution is -2.36. The van der Waals surface area contributed by atoms with Crippen molar-refractivity contribution >= 4 is 32.9 Å². The number of fused-ring (bicyclic) bond motifs is 1. The number of aryl methyl sites for hydroxylation is 1. The lowest BCUT2D eigenvalue weighted by atomic mass is 10.2. The van der Waals surface area contributed by atoms with Gasteiger partial charge in [-0.05, 0) is 50.8 Å². The summed E-state index contributed by atoms with van der Waals surface area (Å²) in [5, 5.41) is 0. The summed E-state index contributed by atoms with van der Waals surface area (Å²) in [5.74, 6) is 0.0802. The van der Waals surface area contributed by atoms with E-state index >= 15 is 0 Å². The fourth-order valence-electron chi connectivity index (χ4n) is 4.59. The van der Waals surface area contributed by atoms with Crippen LogP contribution < -0.4 is 0 Å². The Balaban J connectivity index is 1.48. The third-order valence-electron chi connectivity index (χ3n) is 6.42. The van der Waals surface area contributed by atoms with Crippen LogP contribution in [0.15, 0.2) is 23.1 Å². The van der Waals surface area contributed by atoms with Crippen LogP contribution in [0.1, 0.15) is 57.7 Å². The highest BCUT2D eigenvalue weighted by Gasteiger charge is 2.27. The third kappa shape index (κ3) is 5.22. The number of sulfonamides is 1. The van der Waals surface area contributed by atoms with Crippen molar-refractivity contribution in [2.45, 2.75) is 69.9 Å². The molecule has 2 aliphatic heterocycles. The van der Waals surface area contributed by atoms with Gasteiger partial charge in [-0.25, -0.2) is 13.4 Å². The van der Waals surface area contributed by atoms with Gasteiger partial charge in [0, 0.05) is 32.6 Å². The largest absolute Gasteiger partial charge is 0.456 e. The smallest absolute Gasteiger partial charge is 0.326 e. The molecule has 4 rings (SSSR count). The van der Waals surface area contributed by atoms with Crippen molar-refractivity contribution in [2.24, 2.45) is 0 Å². The van der Waals surface area contributed by atoms with Crippen LogP contribution in [-0.4, -0.2) is 65.2 Å². The molecule has 180 valence electrons. The number of amides is 1. The van der Waals surface area contributed by atoms with Gasteiger partial charge in [-0.3, -0.25) is 9.59 Å². The second-order valence-corrected chi connectivity index (χ2v) is 10.6. The number of rotatable bonds is 7. The van der Waals surface area contributed by atoms with Crippen molar-refractivity contribution in [2.75, 3.05) is 26.2 Å². The van der Waals surface area contributed by atoms with Crippen molar-refractivity contribution in [1.82, 2.24) is 18.8 Å². The van der Waals surface area contributed by atoms with E-state index in [1.807, 2.05) is 11.5 Å². The Morgan fingerprint density at radius 3 is 2.55 bits per heavy atom. The second-order valence-electron chi connectivity index (χ2n) is 8.67. The molecule has 1 amide bonds. The van der Waals surface area contributed by atoms with E-state index in [9.17, 15) is 18.0 Å². The second kappa shape index (κ2) is 10.2. The average Bonchev–Trinajstić information content (AvgIpc) is 3.06. The van der Waals surface area contributed by atoms with Gasteiger partial charge in [-0.2, -0.15) is 4.31 Å². The Kier molecular flexibility index (Phi) is 7.33. The summed E-state index contributed by atoms with van der Waals surface area (Å²) in [7, 11) is -3.55. The van der Waals surface area contributed by atoms with Gasteiger partial charge >= 0.3 is 5.97 Å². The first-order valence-corrected chi connectivity index (χ1v) is 13.3. The third-order valence-corrected chi connectivity index (χ3v) is 8.32. The van der Waals surface area contributed by atoms with E-state index in [2.05, 4.69) is 4.98 Å². The molecule has 9 nitrogen and oxygen atoms in total. The fourth-order valence-corrected chi connectivity index (χ4v) is 6.13. The summed E-state index contributed by atoms with van der Waals surface area (Å²) in [6.07, 6.45) is 6.04. The van der Waals surface area contributed by atoms with Gasteiger partial charge in [0.2, 0.25) is 15.9 Å². The summed E-state index contributed by atoms with van der Waals surface area (Å²) < 4.78 is 35.0. The highest BCUT2D eigenvalue weighted by Crippen LogP contribution is 2.25. The van der Waals surface area contributed by atoms with Crippen molar-refractivity contribution < 1.29 is 22.7 Å². The molecule has 0 aliphatic carbocycles. The van der Waals surface area contributed by atoms with Gasteiger partial charge in [0.15, 0.2) is 0 Å². The summed E-state index contributed by atoms with van der Waals surface area (Å²) in [6.45, 7) is 4.15. The lowest BCUT2D eigenvalue weighted by molar-refractivity contribution is -0.150. The normalized spacial score (nSPS) is 18.5. The number of ether oxygens (including phenoxy) is 1. The molecule has 0 atom stereocenters. The molecule has 33 heavy (non-hydrogen) atoms. The van der Waals surface area contributed by atoms with Gasteiger partial charge in [0.25, 0.3) is 0 Å². The molecule has 10 heteroatoms. The maximum Gasteiger partial charge on any atom is 0.326 e. The molecule has 0 unspecified atom stereocenters. The Morgan fingerprint density at radius 1 is 1.06 bits per heavy atom. The van der Waals surface area contributed by atoms with Gasteiger partial charge in [-0.15, -0.1) is 0 Å². The predicted molar refractivity (Wildman–Crippen MR) is 123 cm³/mol. The van der Waals surface area contributed by atoms with Crippen molar-refractivity contribution in [1.29, 1.82) is 0 Å². The quantitative estimate of drug-likeness (QED) is 0.570. The Morgan fingerprint density at radius 2 is 1.79 bits per heavy atom. The van der Waals surface area contributed by atoms with Crippen molar-refractivity contribution in [3.8, 4) is 0 Å². The zero-order chi connectivity index (χ0) is 23.4. The Bertz CT molecular complexity index is 1120. The number of imidazole rings is 1. The topological polar surface area (TPSA) is 102 Å². The van der Waals surface area contributed by atoms with Crippen molar-refractivity contribution in [3.05, 3.63) is 24.0 Å². The van der Waals surface area contributed by atoms with Crippen LogP contribution in [0.3, 0.4) is 0 Å². The highest BCUT2D eigenvalue weighted by molar-refractivity contribution is 7.89. The number of hydrogen-bond donors (Lipinski definition) is 0. The molecule has 2 aliphatic rings. The number of carbonyl (C=O) groups excluding carboxylic acids is 2. The standard InChI is InChI=1S/C23H32N4O5S/c1-2-27-20-11-10-18(33(30,31)26-13-7-4-8-14-26)15-19(20)24-21(27)17-32-23(29)16-25-12-6-3-5-9-22(25)28/h10-11,15H,2-9,12-14,16-17H2,1H3. The molecule has 0 N–H and O–H groups in total. The van der Waals surface area contributed by atoms with E-state index in [1.54, 1.807) is 27.4 Å². The summed E-state index contributed by atoms with van der Waals surface area (Å²) in [6, 6.07) is 5.00. The number of nitrogens with zero attached hydrogens (tertiary/aromatic N) is 4. The van der Waals surface area contributed by atoms with Crippen LogP contribution in [0.25, 0.3) is 11.0 Å². The Labute approximate surface area is 194 Å². The van der Waals surface area contributed by atoms with Gasteiger partial charge in [-0.1, -0.05) is 12.8 Å². The van der Waals surface area contributed by atoms with Crippen LogP contribution in [0.2, 0.25) is 0 Å². The zero-order valence-electron chi connectivity index (χ0n) is 19.2. The highest BCUT2D eigenvalue weighted by atomic mass is 32.2. The van der Waals surface area contributed by atoms with Crippen molar-refractivity contribution in [3.63, 3.8) is 0 Å². The van der Waals surface area contributed by atoms with Crippen LogP contribution >= 0.6 is 0 Å². The minimum atomic E-state index is -3.55. The SMILES string of the molecule is CCn1c(COC(=O)CN2CCCCCC2=O)nc2cc(S(=O)(=O)N3CCCCC3)ccc21. The molecule has 1 aromatic carbocycles. The molecule has 0 radical (unpaired) electrons. The monoisotopic (exact) mass is 476 g/mol. The van der Waals surface area contributed by atoms with E-state index in [0.29, 0.717) is 43.9 Å². The molecular weight excluding hydrogens is 444 g/mol. The van der Waals surface area contributed by atoms with Crippen LogP contribution in [-0.2, 0) is 37.5 Å². The molecule has 1 aromatic heterocycles. The summed E-state index contributed by atoms with van der Waals surface area (Å²) in [5.41, 5.74) is 1.35. The van der Waals surface area contributed by atoms with E-state index in [-0.39, 0.29) is 24.0 Å². The Hall–Kier alpha value is -2.46. The van der Waals surface area contributed by atoms with Crippen LogP contribution in [0.4, 0.5) is 0 Å². The number of aromatic nitrogens is 2. The molecule has 2 saturated heterocycles. The number of likely N-dealkylation sites (tertiary alicyclic amines) is 1. The zero-order valence-corrected chi connectivity index (χ0v) is 20.0. The molecule has 0 spiro atoms. The molecule has 0 saturated carbocycles. The number of carbonyl (C=O) groups is 2. The molecule has 0 bridgehead atoms. The predicted octanol–water partition coefficient (Wildman–Crippen LogP) is 2.68. The van der Waals surface area contributed by atoms with Gasteiger partial charge in [0.1, 0.15) is 19.0 Å². The van der Waals surface area contributed by atoms with E-state index < -0.39 is 16.0 Å². The maximum absolute atomic E-state index is 13.0. The van der Waals surface area contributed by atoms with E-state index in [0.717, 1.165) is 44.0 Å². The number of esters is 1. The molecule has 2 aromatic rings. The molecule has 2 fully saturated rings. The number of benzene rings is 1. The molecule has 3 heterocycles. The number of piperidine rings is 1. The van der Waals surface area contributed by atoms with E-state index in [4.69, 9.17) is 4.74 Å². The first-order valence-electron chi connectivity index (χ1n) is 11.8. The van der Waals surface area contributed by atoms with Crippen LogP contribution in [0.5, 0.6) is 0 Å². The summed E-state index contributed by atoms with van der Waals surface area (Å²) in [4.78, 5) is 30.9. The number of hydrogen-bond acceptors (Lipinski definition) is 6. The lowest BCUT2D eigenvalue weighted by Gasteiger charge is -2.25. The first kappa shape index (κ1) is 23.7. The average molecular weight is 477 g/mol. The van der Waals surface area contributed by atoms with Crippen LogP contribution in [0, 0.1) is 0 Å². The maximum atomic E-state index is 13.0. The summed E-state index contributed by atoms with van der Waals surface area (Å²) >= 11 is 0. The minimum Gasteiger partial charge on any atom is -0.456 e. The van der Waals surface area contributed by atoms with Gasteiger partial charge in [0.05, 0.1) is 15.9 Å². The van der Waals surface area contributed by atoms with Gasteiger partial charge < -0.3 is 14.2 Å².